The molecule has 0 saturated heterocycles. The van der Waals surface area contributed by atoms with E-state index < -0.39 is 6.10 Å². The van der Waals surface area contributed by atoms with Crippen molar-refractivity contribution in [2.45, 2.75) is 13.0 Å². The van der Waals surface area contributed by atoms with Crippen molar-refractivity contribution in [2.24, 2.45) is 0 Å². The predicted octanol–water partition coefficient (Wildman–Crippen LogP) is 2.05. The number of aromatic nitrogens is 2. The Hall–Kier alpha value is -2.14. The molecular weight excluding hydrogens is 240 g/mol. The standard InChI is InChI=1S/C14H18N4O/c1-2-15-14-16-9-8-13(18-14)17-10-12(19)11-6-4-3-5-7-11/h3-9,12,19H,2,10H2,1H3,(H2,15,16,17,18). The van der Waals surface area contributed by atoms with E-state index in [1.165, 1.54) is 0 Å². The molecule has 1 aromatic carbocycles. The van der Waals surface area contributed by atoms with Crippen LogP contribution >= 0.6 is 0 Å². The first-order chi connectivity index (χ1) is 9.29. The first-order valence-electron chi connectivity index (χ1n) is 6.33. The van der Waals surface area contributed by atoms with E-state index in [4.69, 9.17) is 0 Å². The number of hydrogen-bond acceptors (Lipinski definition) is 5. The van der Waals surface area contributed by atoms with Crippen LogP contribution in [0, 0.1) is 0 Å². The zero-order chi connectivity index (χ0) is 13.5. The van der Waals surface area contributed by atoms with Crippen molar-refractivity contribution < 1.29 is 5.11 Å². The average molecular weight is 258 g/mol. The number of aliphatic hydroxyl groups excluding tert-OH is 1. The van der Waals surface area contributed by atoms with E-state index in [2.05, 4.69) is 20.6 Å². The summed E-state index contributed by atoms with van der Waals surface area (Å²) in [6.07, 6.45) is 1.13. The summed E-state index contributed by atoms with van der Waals surface area (Å²) in [5.41, 5.74) is 0.885. The maximum atomic E-state index is 10.0. The minimum Gasteiger partial charge on any atom is -0.387 e. The predicted molar refractivity (Wildman–Crippen MR) is 76.1 cm³/mol. The highest BCUT2D eigenvalue weighted by atomic mass is 16.3. The molecule has 1 atom stereocenters. The van der Waals surface area contributed by atoms with Gasteiger partial charge in [0, 0.05) is 19.3 Å². The summed E-state index contributed by atoms with van der Waals surface area (Å²) in [7, 11) is 0. The van der Waals surface area contributed by atoms with Gasteiger partial charge in [-0.3, -0.25) is 0 Å². The third-order valence-electron chi connectivity index (χ3n) is 2.65. The molecule has 5 nitrogen and oxygen atoms in total. The third kappa shape index (κ3) is 3.93. The second kappa shape index (κ2) is 6.70. The van der Waals surface area contributed by atoms with E-state index in [0.717, 1.165) is 12.1 Å². The summed E-state index contributed by atoms with van der Waals surface area (Å²) in [4.78, 5) is 8.37. The quantitative estimate of drug-likeness (QED) is 0.740. The highest BCUT2D eigenvalue weighted by Gasteiger charge is 2.07. The van der Waals surface area contributed by atoms with E-state index >= 15 is 0 Å². The molecule has 19 heavy (non-hydrogen) atoms. The normalized spacial score (nSPS) is 11.9. The van der Waals surface area contributed by atoms with E-state index in [1.807, 2.05) is 37.3 Å². The minimum atomic E-state index is -0.557. The zero-order valence-electron chi connectivity index (χ0n) is 10.9. The number of benzene rings is 1. The molecule has 3 N–H and O–H groups in total. The lowest BCUT2D eigenvalue weighted by Crippen LogP contribution is -2.13. The Kier molecular flexibility index (Phi) is 4.69. The van der Waals surface area contributed by atoms with Gasteiger partial charge in [-0.1, -0.05) is 30.3 Å². The lowest BCUT2D eigenvalue weighted by molar-refractivity contribution is 0.191. The van der Waals surface area contributed by atoms with Crippen LogP contribution < -0.4 is 10.6 Å². The SMILES string of the molecule is CCNc1nccc(NCC(O)c2ccccc2)n1. The molecule has 0 radical (unpaired) electrons. The van der Waals surface area contributed by atoms with Crippen molar-refractivity contribution in [1.82, 2.24) is 9.97 Å². The third-order valence-corrected chi connectivity index (χ3v) is 2.65. The van der Waals surface area contributed by atoms with Crippen LogP contribution in [0.15, 0.2) is 42.6 Å². The van der Waals surface area contributed by atoms with Crippen molar-refractivity contribution in [2.75, 3.05) is 23.7 Å². The van der Waals surface area contributed by atoms with Gasteiger partial charge in [-0.15, -0.1) is 0 Å². The van der Waals surface area contributed by atoms with Gasteiger partial charge in [-0.05, 0) is 18.6 Å². The highest BCUT2D eigenvalue weighted by molar-refractivity contribution is 5.39. The summed E-state index contributed by atoms with van der Waals surface area (Å²) >= 11 is 0. The molecule has 0 bridgehead atoms. The van der Waals surface area contributed by atoms with Gasteiger partial charge < -0.3 is 15.7 Å². The van der Waals surface area contributed by atoms with Crippen LogP contribution in [-0.4, -0.2) is 28.2 Å². The number of anilines is 2. The van der Waals surface area contributed by atoms with Gasteiger partial charge in [-0.2, -0.15) is 4.98 Å². The van der Waals surface area contributed by atoms with Gasteiger partial charge in [0.1, 0.15) is 5.82 Å². The first-order valence-corrected chi connectivity index (χ1v) is 6.33. The van der Waals surface area contributed by atoms with Gasteiger partial charge in [0.05, 0.1) is 6.10 Å². The van der Waals surface area contributed by atoms with Gasteiger partial charge in [0.25, 0.3) is 0 Å². The monoisotopic (exact) mass is 258 g/mol. The van der Waals surface area contributed by atoms with Crippen molar-refractivity contribution in [3.8, 4) is 0 Å². The Balaban J connectivity index is 1.93. The molecule has 0 spiro atoms. The number of nitrogens with zero attached hydrogens (tertiary/aromatic N) is 2. The van der Waals surface area contributed by atoms with Crippen LogP contribution in [0.1, 0.15) is 18.6 Å². The molecule has 0 aliphatic heterocycles. The zero-order valence-corrected chi connectivity index (χ0v) is 10.9. The summed E-state index contributed by atoms with van der Waals surface area (Å²) in [6, 6.07) is 11.3. The first kappa shape index (κ1) is 13.3. The lowest BCUT2D eigenvalue weighted by atomic mass is 10.1. The van der Waals surface area contributed by atoms with Crippen LogP contribution in [0.5, 0.6) is 0 Å². The molecule has 100 valence electrons. The molecule has 0 aliphatic carbocycles. The fourth-order valence-corrected chi connectivity index (χ4v) is 1.69. The van der Waals surface area contributed by atoms with Gasteiger partial charge in [0.2, 0.25) is 5.95 Å². The minimum absolute atomic E-state index is 0.409. The van der Waals surface area contributed by atoms with Gasteiger partial charge in [0.15, 0.2) is 0 Å². The average Bonchev–Trinajstić information content (AvgIpc) is 2.46. The smallest absolute Gasteiger partial charge is 0.224 e. The van der Waals surface area contributed by atoms with Gasteiger partial charge >= 0.3 is 0 Å². The topological polar surface area (TPSA) is 70.1 Å². The lowest BCUT2D eigenvalue weighted by Gasteiger charge is -2.13. The fraction of sp³-hybridized carbons (Fsp3) is 0.286. The van der Waals surface area contributed by atoms with E-state index in [0.29, 0.717) is 18.3 Å². The summed E-state index contributed by atoms with van der Waals surface area (Å²) < 4.78 is 0. The van der Waals surface area contributed by atoms with Crippen molar-refractivity contribution in [3.63, 3.8) is 0 Å². The van der Waals surface area contributed by atoms with E-state index in [-0.39, 0.29) is 0 Å². The van der Waals surface area contributed by atoms with Crippen LogP contribution in [0.4, 0.5) is 11.8 Å². The van der Waals surface area contributed by atoms with E-state index in [1.54, 1.807) is 12.3 Å². The van der Waals surface area contributed by atoms with Crippen LogP contribution in [0.25, 0.3) is 0 Å². The Morgan fingerprint density at radius 2 is 1.95 bits per heavy atom. The fourth-order valence-electron chi connectivity index (χ4n) is 1.69. The van der Waals surface area contributed by atoms with Crippen LogP contribution in [0.3, 0.4) is 0 Å². The maximum absolute atomic E-state index is 10.0. The Morgan fingerprint density at radius 3 is 2.68 bits per heavy atom. The number of aliphatic hydroxyl groups is 1. The molecule has 1 heterocycles. The summed E-state index contributed by atoms with van der Waals surface area (Å²) in [5.74, 6) is 1.28. The molecule has 2 aromatic rings. The van der Waals surface area contributed by atoms with Crippen molar-refractivity contribution >= 4 is 11.8 Å². The summed E-state index contributed by atoms with van der Waals surface area (Å²) in [5, 5.41) is 16.2. The number of hydrogen-bond donors (Lipinski definition) is 3. The molecule has 0 amide bonds. The van der Waals surface area contributed by atoms with E-state index in [9.17, 15) is 5.11 Å². The van der Waals surface area contributed by atoms with Gasteiger partial charge in [-0.25, -0.2) is 4.98 Å². The molecule has 1 unspecified atom stereocenters. The second-order valence-corrected chi connectivity index (χ2v) is 4.10. The second-order valence-electron chi connectivity index (χ2n) is 4.10. The van der Waals surface area contributed by atoms with Crippen molar-refractivity contribution in [1.29, 1.82) is 0 Å². The highest BCUT2D eigenvalue weighted by Crippen LogP contribution is 2.13. The largest absolute Gasteiger partial charge is 0.387 e. The van der Waals surface area contributed by atoms with Crippen LogP contribution in [-0.2, 0) is 0 Å². The maximum Gasteiger partial charge on any atom is 0.224 e. The summed E-state index contributed by atoms with van der Waals surface area (Å²) in [6.45, 7) is 3.17. The molecule has 2 rings (SSSR count). The molecular formula is C14H18N4O. The molecule has 0 aliphatic rings. The molecule has 1 aromatic heterocycles. The number of nitrogens with one attached hydrogen (secondary N) is 2. The Labute approximate surface area is 112 Å². The van der Waals surface area contributed by atoms with Crippen LogP contribution in [0.2, 0.25) is 0 Å². The molecule has 0 fully saturated rings. The molecule has 5 heteroatoms. The Morgan fingerprint density at radius 1 is 1.16 bits per heavy atom. The molecule has 0 saturated carbocycles. The number of rotatable bonds is 6. The van der Waals surface area contributed by atoms with Crippen molar-refractivity contribution in [3.05, 3.63) is 48.2 Å². The Bertz CT molecular complexity index is 504.